The zero-order valence-electron chi connectivity index (χ0n) is 8.74. The van der Waals surface area contributed by atoms with Crippen LogP contribution in [0.2, 0.25) is 0 Å². The lowest BCUT2D eigenvalue weighted by Crippen LogP contribution is -2.34. The number of nitrogens with zero attached hydrogens (tertiary/aromatic N) is 2. The first-order valence-corrected chi connectivity index (χ1v) is 4.21. The Hall–Kier alpha value is -1.36. The van der Waals surface area contributed by atoms with E-state index in [0.29, 0.717) is 5.56 Å². The van der Waals surface area contributed by atoms with E-state index in [9.17, 15) is 4.79 Å². The summed E-state index contributed by atoms with van der Waals surface area (Å²) in [7, 11) is 3.14. The number of aliphatic carboxylic acids is 1. The van der Waals surface area contributed by atoms with Crippen molar-refractivity contribution in [2.45, 2.75) is 19.4 Å². The normalized spacial score (nSPS) is 15.1. The minimum absolute atomic E-state index is 0.579. The first kappa shape index (κ1) is 10.7. The molecule has 1 N–H and O–H groups in total. The third kappa shape index (κ3) is 1.39. The van der Waals surface area contributed by atoms with Gasteiger partial charge in [-0.2, -0.15) is 5.10 Å². The van der Waals surface area contributed by atoms with Gasteiger partial charge in [0.25, 0.3) is 0 Å². The summed E-state index contributed by atoms with van der Waals surface area (Å²) in [5.41, 5.74) is 0.0463. The molecule has 0 fully saturated rings. The van der Waals surface area contributed by atoms with E-state index in [1.165, 1.54) is 20.2 Å². The lowest BCUT2D eigenvalue weighted by Gasteiger charge is -2.22. The number of carboxylic acid groups (broad SMARTS) is 1. The summed E-state index contributed by atoms with van der Waals surface area (Å²) in [6, 6.07) is 0. The lowest BCUT2D eigenvalue weighted by atomic mass is 9.97. The number of carbonyl (C=O) groups is 1. The van der Waals surface area contributed by atoms with E-state index < -0.39 is 11.6 Å². The van der Waals surface area contributed by atoms with Gasteiger partial charge in [-0.3, -0.25) is 4.68 Å². The molecule has 14 heavy (non-hydrogen) atoms. The van der Waals surface area contributed by atoms with Crippen molar-refractivity contribution in [1.82, 2.24) is 9.78 Å². The molecular weight excluding hydrogens is 184 g/mol. The molecule has 5 heteroatoms. The number of aryl methyl sites for hydroxylation is 1. The van der Waals surface area contributed by atoms with Crippen LogP contribution in [0.15, 0.2) is 6.20 Å². The standard InChI is InChI=1S/C9H14N2O3/c1-6-7(5-10-11(6)3)9(2,14-4)8(12)13/h5H,1-4H3,(H,12,13). The lowest BCUT2D eigenvalue weighted by molar-refractivity contribution is -0.161. The zero-order valence-corrected chi connectivity index (χ0v) is 8.74. The zero-order chi connectivity index (χ0) is 10.9. The van der Waals surface area contributed by atoms with Gasteiger partial charge in [-0.1, -0.05) is 0 Å². The maximum atomic E-state index is 11.1. The predicted molar refractivity (Wildman–Crippen MR) is 49.9 cm³/mol. The van der Waals surface area contributed by atoms with Crippen molar-refractivity contribution in [3.63, 3.8) is 0 Å². The molecule has 0 bridgehead atoms. The van der Waals surface area contributed by atoms with E-state index in [1.807, 2.05) is 6.92 Å². The van der Waals surface area contributed by atoms with Crippen molar-refractivity contribution in [2.24, 2.45) is 7.05 Å². The number of rotatable bonds is 3. The van der Waals surface area contributed by atoms with Crippen LogP contribution in [0.25, 0.3) is 0 Å². The number of methoxy groups -OCH3 is 1. The molecule has 1 atom stereocenters. The predicted octanol–water partition coefficient (Wildman–Crippen LogP) is 0.675. The molecule has 0 aliphatic rings. The monoisotopic (exact) mass is 198 g/mol. The summed E-state index contributed by atoms with van der Waals surface area (Å²) in [5.74, 6) is -1.02. The first-order chi connectivity index (χ1) is 6.43. The summed E-state index contributed by atoms with van der Waals surface area (Å²) in [6.07, 6.45) is 1.52. The van der Waals surface area contributed by atoms with E-state index in [0.717, 1.165) is 5.69 Å². The minimum Gasteiger partial charge on any atom is -0.479 e. The number of hydrogen-bond donors (Lipinski definition) is 1. The summed E-state index contributed by atoms with van der Waals surface area (Å²) >= 11 is 0. The van der Waals surface area contributed by atoms with Gasteiger partial charge >= 0.3 is 5.97 Å². The maximum absolute atomic E-state index is 11.1. The number of hydrogen-bond acceptors (Lipinski definition) is 3. The van der Waals surface area contributed by atoms with E-state index in [2.05, 4.69) is 5.10 Å². The molecule has 1 heterocycles. The van der Waals surface area contributed by atoms with Crippen LogP contribution in [-0.2, 0) is 22.2 Å². The molecule has 0 aliphatic heterocycles. The fourth-order valence-electron chi connectivity index (χ4n) is 1.28. The molecule has 0 spiro atoms. The Kier molecular flexibility index (Phi) is 2.62. The van der Waals surface area contributed by atoms with Crippen molar-refractivity contribution < 1.29 is 14.6 Å². The fourth-order valence-corrected chi connectivity index (χ4v) is 1.28. The molecule has 0 amide bonds. The Labute approximate surface area is 82.3 Å². The molecule has 5 nitrogen and oxygen atoms in total. The van der Waals surface area contributed by atoms with E-state index in [1.54, 1.807) is 11.7 Å². The highest BCUT2D eigenvalue weighted by molar-refractivity contribution is 5.79. The third-order valence-electron chi connectivity index (χ3n) is 2.57. The van der Waals surface area contributed by atoms with Gasteiger partial charge in [0, 0.05) is 25.4 Å². The highest BCUT2D eigenvalue weighted by Gasteiger charge is 2.38. The van der Waals surface area contributed by atoms with Crippen LogP contribution in [0.4, 0.5) is 0 Å². The van der Waals surface area contributed by atoms with Gasteiger partial charge in [0.2, 0.25) is 0 Å². The molecule has 78 valence electrons. The molecule has 0 aromatic carbocycles. The Morgan fingerprint density at radius 3 is 2.57 bits per heavy atom. The maximum Gasteiger partial charge on any atom is 0.340 e. The molecular formula is C9H14N2O3. The summed E-state index contributed by atoms with van der Waals surface area (Å²) < 4.78 is 6.65. The van der Waals surface area contributed by atoms with E-state index in [4.69, 9.17) is 9.84 Å². The van der Waals surface area contributed by atoms with Gasteiger partial charge in [-0.25, -0.2) is 4.79 Å². The van der Waals surface area contributed by atoms with Gasteiger partial charge in [0.1, 0.15) is 0 Å². The van der Waals surface area contributed by atoms with Crippen LogP contribution in [0.1, 0.15) is 18.2 Å². The van der Waals surface area contributed by atoms with Gasteiger partial charge in [0.05, 0.1) is 6.20 Å². The summed E-state index contributed by atoms with van der Waals surface area (Å²) in [4.78, 5) is 11.1. The van der Waals surface area contributed by atoms with Crippen molar-refractivity contribution in [2.75, 3.05) is 7.11 Å². The third-order valence-corrected chi connectivity index (χ3v) is 2.57. The molecule has 1 aromatic heterocycles. The van der Waals surface area contributed by atoms with Crippen LogP contribution >= 0.6 is 0 Å². The SMILES string of the molecule is COC(C)(C(=O)O)c1cnn(C)c1C. The second-order valence-electron chi connectivity index (χ2n) is 3.31. The molecule has 0 radical (unpaired) electrons. The topological polar surface area (TPSA) is 64.3 Å². The second kappa shape index (κ2) is 3.42. The van der Waals surface area contributed by atoms with Crippen LogP contribution < -0.4 is 0 Å². The molecule has 0 aliphatic carbocycles. The van der Waals surface area contributed by atoms with E-state index >= 15 is 0 Å². The van der Waals surface area contributed by atoms with Crippen molar-refractivity contribution in [3.8, 4) is 0 Å². The average molecular weight is 198 g/mol. The average Bonchev–Trinajstić information content (AvgIpc) is 2.46. The first-order valence-electron chi connectivity index (χ1n) is 4.21. The Bertz CT molecular complexity index is 359. The van der Waals surface area contributed by atoms with Crippen molar-refractivity contribution in [3.05, 3.63) is 17.5 Å². The minimum atomic E-state index is -1.32. The van der Waals surface area contributed by atoms with Crippen LogP contribution in [-0.4, -0.2) is 28.0 Å². The number of carboxylic acids is 1. The van der Waals surface area contributed by atoms with Gasteiger partial charge in [0.15, 0.2) is 5.60 Å². The molecule has 0 saturated heterocycles. The van der Waals surface area contributed by atoms with Crippen LogP contribution in [0.3, 0.4) is 0 Å². The second-order valence-corrected chi connectivity index (χ2v) is 3.31. The highest BCUT2D eigenvalue weighted by atomic mass is 16.5. The van der Waals surface area contributed by atoms with Gasteiger partial charge in [-0.05, 0) is 13.8 Å². The smallest absolute Gasteiger partial charge is 0.340 e. The molecule has 0 saturated carbocycles. The van der Waals surface area contributed by atoms with E-state index in [-0.39, 0.29) is 0 Å². The summed E-state index contributed by atoms with van der Waals surface area (Å²) in [5, 5.41) is 13.0. The van der Waals surface area contributed by atoms with Crippen LogP contribution in [0.5, 0.6) is 0 Å². The van der Waals surface area contributed by atoms with Gasteiger partial charge < -0.3 is 9.84 Å². The van der Waals surface area contributed by atoms with Crippen molar-refractivity contribution in [1.29, 1.82) is 0 Å². The molecule has 1 aromatic rings. The Morgan fingerprint density at radius 2 is 2.29 bits per heavy atom. The molecule has 1 unspecified atom stereocenters. The Morgan fingerprint density at radius 1 is 1.71 bits per heavy atom. The molecule has 1 rings (SSSR count). The number of ether oxygens (including phenoxy) is 1. The fraction of sp³-hybridized carbons (Fsp3) is 0.556. The highest BCUT2D eigenvalue weighted by Crippen LogP contribution is 2.27. The Balaban J connectivity index is 3.26. The largest absolute Gasteiger partial charge is 0.479 e. The number of aromatic nitrogens is 2. The summed E-state index contributed by atoms with van der Waals surface area (Å²) in [6.45, 7) is 3.32. The quantitative estimate of drug-likeness (QED) is 0.775. The van der Waals surface area contributed by atoms with Gasteiger partial charge in [-0.15, -0.1) is 0 Å². The van der Waals surface area contributed by atoms with Crippen molar-refractivity contribution >= 4 is 5.97 Å². The van der Waals surface area contributed by atoms with Crippen LogP contribution in [0, 0.1) is 6.92 Å².